The number of para-hydroxylation sites is 1. The fourth-order valence-corrected chi connectivity index (χ4v) is 3.77. The number of benzene rings is 3. The minimum Gasteiger partial charge on any atom is -0.406 e. The molecule has 0 saturated heterocycles. The quantitative estimate of drug-likeness (QED) is 0.292. The molecule has 0 atom stereocenters. The van der Waals surface area contributed by atoms with Crippen LogP contribution in [0.5, 0.6) is 5.75 Å². The molecule has 0 amide bonds. The molecule has 6 nitrogen and oxygen atoms in total. The Balaban J connectivity index is 1.71. The summed E-state index contributed by atoms with van der Waals surface area (Å²) < 4.78 is 45.4. The fraction of sp³-hybridized carbons (Fsp3) is 0.0417. The van der Waals surface area contributed by atoms with Crippen molar-refractivity contribution in [2.45, 2.75) is 6.36 Å². The highest BCUT2D eigenvalue weighted by molar-refractivity contribution is 9.10. The zero-order valence-corrected chi connectivity index (χ0v) is 18.8. The highest BCUT2D eigenvalue weighted by Gasteiger charge is 2.31. The van der Waals surface area contributed by atoms with Crippen molar-refractivity contribution in [1.29, 1.82) is 0 Å². The van der Waals surface area contributed by atoms with E-state index in [0.29, 0.717) is 16.6 Å². The van der Waals surface area contributed by atoms with Crippen molar-refractivity contribution in [3.63, 3.8) is 0 Å². The van der Waals surface area contributed by atoms with E-state index in [9.17, 15) is 18.0 Å². The molecular formula is C24H14BrF3N4O2. The lowest BCUT2D eigenvalue weighted by Crippen LogP contribution is -2.21. The van der Waals surface area contributed by atoms with Crippen LogP contribution in [-0.2, 0) is 0 Å². The summed E-state index contributed by atoms with van der Waals surface area (Å²) in [6.07, 6.45) is -3.19. The standard InChI is InChI=1S/C24H14BrF3N4O2/c25-16-8-10-18(11-9-16)32-22(15-6-12-19(13-7-15)34-24(26,27)28)29-21-20(23(32)33)14-31(30-21)17-4-2-1-3-5-17/h1-14H. The molecule has 0 N–H and O–H groups in total. The minimum atomic E-state index is -4.80. The minimum absolute atomic E-state index is 0.216. The first kappa shape index (κ1) is 21.9. The Bertz CT molecular complexity index is 1530. The number of hydrogen-bond acceptors (Lipinski definition) is 4. The maximum Gasteiger partial charge on any atom is 0.573 e. The van der Waals surface area contributed by atoms with Crippen LogP contribution in [-0.4, -0.2) is 25.7 Å². The second-order valence-corrected chi connectivity index (χ2v) is 8.19. The molecule has 10 heteroatoms. The van der Waals surface area contributed by atoms with Gasteiger partial charge in [0.2, 0.25) is 0 Å². The number of aromatic nitrogens is 4. The Kier molecular flexibility index (Phi) is 5.45. The molecular weight excluding hydrogens is 513 g/mol. The molecule has 0 aliphatic heterocycles. The van der Waals surface area contributed by atoms with Gasteiger partial charge >= 0.3 is 6.36 Å². The van der Waals surface area contributed by atoms with E-state index in [2.05, 4.69) is 30.7 Å². The largest absolute Gasteiger partial charge is 0.573 e. The van der Waals surface area contributed by atoms with Crippen LogP contribution >= 0.6 is 15.9 Å². The maximum atomic E-state index is 13.6. The lowest BCUT2D eigenvalue weighted by atomic mass is 10.2. The molecule has 0 bridgehead atoms. The van der Waals surface area contributed by atoms with Gasteiger partial charge < -0.3 is 4.74 Å². The van der Waals surface area contributed by atoms with Crippen LogP contribution in [0, 0.1) is 0 Å². The van der Waals surface area contributed by atoms with Crippen molar-refractivity contribution in [3.05, 3.63) is 99.9 Å². The van der Waals surface area contributed by atoms with Crippen molar-refractivity contribution in [2.24, 2.45) is 0 Å². The van der Waals surface area contributed by atoms with Gasteiger partial charge in [-0.3, -0.25) is 9.36 Å². The van der Waals surface area contributed by atoms with Gasteiger partial charge in [-0.25, -0.2) is 9.67 Å². The summed E-state index contributed by atoms with van der Waals surface area (Å²) in [6.45, 7) is 0. The van der Waals surface area contributed by atoms with Crippen LogP contribution in [0.25, 0.3) is 33.8 Å². The average Bonchev–Trinajstić information content (AvgIpc) is 3.25. The van der Waals surface area contributed by atoms with Gasteiger partial charge in [0.25, 0.3) is 5.56 Å². The maximum absolute atomic E-state index is 13.6. The van der Waals surface area contributed by atoms with E-state index in [0.717, 1.165) is 10.2 Å². The molecule has 5 rings (SSSR count). The van der Waals surface area contributed by atoms with Crippen molar-refractivity contribution in [1.82, 2.24) is 19.3 Å². The normalized spacial score (nSPS) is 11.6. The predicted molar refractivity (Wildman–Crippen MR) is 124 cm³/mol. The van der Waals surface area contributed by atoms with Gasteiger partial charge in [0.1, 0.15) is 17.0 Å². The van der Waals surface area contributed by atoms with E-state index in [-0.39, 0.29) is 22.8 Å². The number of nitrogens with zero attached hydrogens (tertiary/aromatic N) is 4. The monoisotopic (exact) mass is 526 g/mol. The number of alkyl halides is 3. The zero-order chi connectivity index (χ0) is 23.9. The van der Waals surface area contributed by atoms with Gasteiger partial charge in [0.15, 0.2) is 5.65 Å². The molecule has 2 aromatic heterocycles. The number of rotatable bonds is 4. The third kappa shape index (κ3) is 4.32. The van der Waals surface area contributed by atoms with Crippen molar-refractivity contribution < 1.29 is 17.9 Å². The van der Waals surface area contributed by atoms with Gasteiger partial charge in [-0.15, -0.1) is 18.3 Å². The first-order chi connectivity index (χ1) is 16.3. The first-order valence-corrected chi connectivity index (χ1v) is 10.8. The molecule has 0 aliphatic carbocycles. The number of ether oxygens (including phenoxy) is 1. The summed E-state index contributed by atoms with van der Waals surface area (Å²) in [5.41, 5.74) is 1.57. The molecule has 0 fully saturated rings. The summed E-state index contributed by atoms with van der Waals surface area (Å²) in [7, 11) is 0. The Hall–Kier alpha value is -3.92. The van der Waals surface area contributed by atoms with Gasteiger partial charge in [-0.2, -0.15) is 0 Å². The molecule has 0 unspecified atom stereocenters. The topological polar surface area (TPSA) is 61.9 Å². The zero-order valence-electron chi connectivity index (χ0n) is 17.2. The van der Waals surface area contributed by atoms with Crippen LogP contribution in [0.3, 0.4) is 0 Å². The van der Waals surface area contributed by atoms with Crippen molar-refractivity contribution >= 4 is 27.0 Å². The second kappa shape index (κ2) is 8.45. The average molecular weight is 527 g/mol. The van der Waals surface area contributed by atoms with E-state index >= 15 is 0 Å². The van der Waals surface area contributed by atoms with Crippen molar-refractivity contribution in [3.8, 4) is 28.5 Å². The molecule has 5 aromatic rings. The third-order valence-electron chi connectivity index (χ3n) is 5.00. The molecule has 0 radical (unpaired) electrons. The van der Waals surface area contributed by atoms with Gasteiger partial charge in [0.05, 0.1) is 11.4 Å². The first-order valence-electron chi connectivity index (χ1n) is 9.98. The predicted octanol–water partition coefficient (Wildman–Crippen LogP) is 5.90. The number of fused-ring (bicyclic) bond motifs is 1. The van der Waals surface area contributed by atoms with Crippen LogP contribution in [0.2, 0.25) is 0 Å². The lowest BCUT2D eigenvalue weighted by Gasteiger charge is -2.13. The smallest absolute Gasteiger partial charge is 0.406 e. The summed E-state index contributed by atoms with van der Waals surface area (Å²) in [5.74, 6) is -0.139. The Morgan fingerprint density at radius 3 is 2.18 bits per heavy atom. The van der Waals surface area contributed by atoms with E-state index in [4.69, 9.17) is 0 Å². The van der Waals surface area contributed by atoms with E-state index in [1.165, 1.54) is 28.8 Å². The summed E-state index contributed by atoms with van der Waals surface area (Å²) in [4.78, 5) is 18.2. The summed E-state index contributed by atoms with van der Waals surface area (Å²) >= 11 is 3.38. The van der Waals surface area contributed by atoms with Crippen LogP contribution in [0.15, 0.2) is 94.3 Å². The highest BCUT2D eigenvalue weighted by atomic mass is 79.9. The van der Waals surface area contributed by atoms with Crippen molar-refractivity contribution in [2.75, 3.05) is 0 Å². The molecule has 0 saturated carbocycles. The van der Waals surface area contributed by atoms with Crippen LogP contribution in [0.1, 0.15) is 0 Å². The van der Waals surface area contributed by atoms with Crippen LogP contribution < -0.4 is 10.3 Å². The van der Waals surface area contributed by atoms with E-state index < -0.39 is 6.36 Å². The molecule has 3 aromatic carbocycles. The SMILES string of the molecule is O=c1c2cn(-c3ccccc3)nc2nc(-c2ccc(OC(F)(F)F)cc2)n1-c1ccc(Br)cc1. The second-order valence-electron chi connectivity index (χ2n) is 7.27. The molecule has 2 heterocycles. The molecule has 0 aliphatic rings. The van der Waals surface area contributed by atoms with Gasteiger partial charge in [-0.1, -0.05) is 34.1 Å². The number of hydrogen-bond donors (Lipinski definition) is 0. The summed E-state index contributed by atoms with van der Waals surface area (Å²) in [6, 6.07) is 21.5. The Labute approximate surface area is 199 Å². The lowest BCUT2D eigenvalue weighted by molar-refractivity contribution is -0.274. The Morgan fingerprint density at radius 1 is 0.853 bits per heavy atom. The molecule has 0 spiro atoms. The van der Waals surface area contributed by atoms with Gasteiger partial charge in [-0.05, 0) is 60.7 Å². The Morgan fingerprint density at radius 2 is 1.53 bits per heavy atom. The van der Waals surface area contributed by atoms with E-state index in [1.54, 1.807) is 35.1 Å². The summed E-state index contributed by atoms with van der Waals surface area (Å²) in [5, 5.41) is 4.75. The van der Waals surface area contributed by atoms with Gasteiger partial charge in [0, 0.05) is 16.2 Å². The highest BCUT2D eigenvalue weighted by Crippen LogP contribution is 2.28. The van der Waals surface area contributed by atoms with E-state index in [1.807, 2.05) is 30.3 Å². The molecule has 34 heavy (non-hydrogen) atoms. The fourth-order valence-electron chi connectivity index (χ4n) is 3.51. The van der Waals surface area contributed by atoms with Crippen LogP contribution in [0.4, 0.5) is 13.2 Å². The molecule has 170 valence electrons. The third-order valence-corrected chi connectivity index (χ3v) is 5.53. The number of halogens is 4.